The highest BCUT2D eigenvalue weighted by Gasteiger charge is 2.40. The lowest BCUT2D eigenvalue weighted by molar-refractivity contribution is -0.185. The summed E-state index contributed by atoms with van der Waals surface area (Å²) in [6.07, 6.45) is 17.7. The number of rotatable bonds is 48. The number of alkyl carbamates (subject to hydrolysis) is 1. The van der Waals surface area contributed by atoms with Crippen LogP contribution in [0.15, 0.2) is 30.3 Å². The molecular weight excluding hydrogens is 1740 g/mol. The highest BCUT2D eigenvalue weighted by Crippen LogP contribution is 2.41. The number of carboxylic acids is 16. The molecule has 2 amide bonds. The number of esters is 2. The molecular formula is C80H116N4O39S3. The molecule has 0 spiro atoms. The summed E-state index contributed by atoms with van der Waals surface area (Å²) in [4.78, 5) is 211. The summed E-state index contributed by atoms with van der Waals surface area (Å²) in [5.41, 5.74) is 2.06. The second kappa shape index (κ2) is 68.2. The molecule has 1 aromatic carbocycles. The quantitative estimate of drug-likeness (QED) is 0.00821. The average Bonchev–Trinajstić information content (AvgIpc) is 1.61. The number of hydrogen-bond acceptors (Lipinski definition) is 26. The first-order valence-corrected chi connectivity index (χ1v) is 41.8. The number of hydrogen-bond donors (Lipinski definition) is 20. The van der Waals surface area contributed by atoms with Crippen molar-refractivity contribution in [3.05, 3.63) is 56.8 Å². The van der Waals surface area contributed by atoms with Crippen LogP contribution in [0.4, 0.5) is 4.79 Å². The van der Waals surface area contributed by atoms with Crippen molar-refractivity contribution in [2.45, 2.75) is 265 Å². The molecule has 0 radical (unpaired) electrons. The van der Waals surface area contributed by atoms with E-state index in [9.17, 15) is 95.9 Å². The molecule has 708 valence electrons. The molecule has 6 atom stereocenters. The highest BCUT2D eigenvalue weighted by atomic mass is 32.2. The molecule has 5 rings (SSSR count). The first-order valence-electron chi connectivity index (χ1n) is 39.7. The number of nitrogens with one attached hydrogen (secondary N) is 4. The van der Waals surface area contributed by atoms with Crippen LogP contribution in [0.5, 0.6) is 0 Å². The summed E-state index contributed by atoms with van der Waals surface area (Å²) in [6, 6.07) is 5.94. The fraction of sp³-hybridized carbons (Fsp3) is 0.588. The molecule has 2 aliphatic rings. The van der Waals surface area contributed by atoms with Gasteiger partial charge in [0.2, 0.25) is 18.1 Å². The Labute approximate surface area is 736 Å². The zero-order valence-electron chi connectivity index (χ0n) is 70.3. The Kier molecular flexibility index (Phi) is 63.8. The van der Waals surface area contributed by atoms with Crippen molar-refractivity contribution in [2.24, 2.45) is 23.7 Å². The lowest BCUT2D eigenvalue weighted by Gasteiger charge is -2.24. The Morgan fingerprint density at radius 1 is 0.405 bits per heavy atom. The number of unbranched alkanes of at least 4 members (excludes halogenated alkanes) is 14. The van der Waals surface area contributed by atoms with E-state index in [2.05, 4.69) is 20.1 Å². The number of thiophene rings is 2. The van der Waals surface area contributed by atoms with Crippen molar-refractivity contribution in [3.8, 4) is 0 Å². The number of fused-ring (bicyclic) bond motifs is 1. The van der Waals surface area contributed by atoms with Crippen LogP contribution in [0.2, 0.25) is 0 Å². The molecule has 3 aromatic rings. The van der Waals surface area contributed by atoms with E-state index >= 15 is 0 Å². The normalized spacial score (nSPS) is 13.7. The summed E-state index contributed by atoms with van der Waals surface area (Å²) in [6.45, 7) is 7.82. The molecule has 46 heteroatoms. The molecule has 43 nitrogen and oxygen atoms in total. The predicted octanol–water partition coefficient (Wildman–Crippen LogP) is 9.78. The van der Waals surface area contributed by atoms with Crippen molar-refractivity contribution in [3.63, 3.8) is 0 Å². The first-order chi connectivity index (χ1) is 59.0. The number of carboxylic acid groups (broad SMARTS) is 16. The lowest BCUT2D eigenvalue weighted by atomic mass is 9.79. The number of aliphatic carboxylic acids is 14. The van der Waals surface area contributed by atoms with E-state index < -0.39 is 174 Å². The SMILES string of the molecule is CC(=O)NC(CC(=O)O)C(=O)O.CC(=O)O[C@@H](C(=O)O)[C@@H](OC(C)=O)C(=O)O.Cc1c(C(=O)O)sc2sc(C(=O)O)c(C)c12.O=C(O)C(C(=O)O)C1CCCC1.O=C(O)CCCCCCCCCCCCCC(=O)O.O=C(O)CCCCCNC(=S)NCCCCCC(=O)O.O=C(O)C[C@@H](NC(=O)OCc1ccccc1)C(=O)O.O=C(O)[C@H]1CCCC[C@H]1C(=O)O. The smallest absolute Gasteiger partial charge is 0.408 e. The van der Waals surface area contributed by atoms with Crippen molar-refractivity contribution in [1.82, 2.24) is 21.3 Å². The topological polar surface area (TPSA) is 741 Å². The van der Waals surface area contributed by atoms with E-state index in [1.165, 1.54) is 32.1 Å². The average molecular weight is 1850 g/mol. The molecule has 20 N–H and O–H groups in total. The molecule has 2 aromatic heterocycles. The third kappa shape index (κ3) is 58.8. The summed E-state index contributed by atoms with van der Waals surface area (Å²) in [5.74, 6) is -23.2. The van der Waals surface area contributed by atoms with Crippen LogP contribution in [0.3, 0.4) is 0 Å². The van der Waals surface area contributed by atoms with Gasteiger partial charge in [0.1, 0.15) is 28.4 Å². The summed E-state index contributed by atoms with van der Waals surface area (Å²) in [5, 5.41) is 149. The molecule has 2 heterocycles. The van der Waals surface area contributed by atoms with E-state index in [0.717, 1.165) is 174 Å². The van der Waals surface area contributed by atoms with E-state index in [1.54, 1.807) is 44.2 Å². The van der Waals surface area contributed by atoms with Gasteiger partial charge in [0.15, 0.2) is 11.0 Å². The van der Waals surface area contributed by atoms with Crippen molar-refractivity contribution >= 4 is 169 Å². The number of aromatic carboxylic acids is 2. The van der Waals surface area contributed by atoms with Gasteiger partial charge in [0.25, 0.3) is 0 Å². The van der Waals surface area contributed by atoms with Gasteiger partial charge in [-0.2, -0.15) is 0 Å². The maximum absolute atomic E-state index is 11.3. The van der Waals surface area contributed by atoms with Gasteiger partial charge in [-0.05, 0) is 113 Å². The first kappa shape index (κ1) is 118. The van der Waals surface area contributed by atoms with Crippen molar-refractivity contribution in [1.29, 1.82) is 0 Å². The monoisotopic (exact) mass is 1850 g/mol. The Hall–Kier alpha value is -12.2. The fourth-order valence-electron chi connectivity index (χ4n) is 11.7. The highest BCUT2D eigenvalue weighted by molar-refractivity contribution is 7.80. The Bertz CT molecular complexity index is 3840. The molecule has 0 bridgehead atoms. The fourth-order valence-corrected chi connectivity index (χ4v) is 14.5. The number of ether oxygens (including phenoxy) is 3. The molecule has 126 heavy (non-hydrogen) atoms. The maximum Gasteiger partial charge on any atom is 0.408 e. The van der Waals surface area contributed by atoms with Crippen LogP contribution in [0, 0.1) is 37.5 Å². The minimum absolute atomic E-state index is 0.0217. The maximum atomic E-state index is 11.3. The number of carbonyl (C=O) groups is 20. The standard InChI is InChI=1S/C15H28O4.C13H24N2O4S.C12H13NO6.C10H8O4S2.C8H10O8.2C8H12O4.C6H9NO5/c16-14(17)12-10-8-6-4-2-1-3-5-7-9-11-13-15(18)19;16-11(17)7-3-1-5-9-14-13(20)15-10-6-2-4-8-12(18)19;14-10(15)6-9(11(16)17)13-12(18)19-7-8-4-2-1-3-5-8;1-3-5-4(2)7(9(13)14)16-10(5)15-6(3)8(11)12;1-3(9)15-5(7(11)12)6(8(13)14)16-4(2)10;9-7(10)5-3-1-2-4-6(5)8(11)12;9-7(10)6(8(11)12)5-3-1-2-4-5;1-3(8)7-4(6(11)12)2-5(9)10/h1-13H2,(H,16,17)(H,18,19);1-10H2,(H,16,17)(H,18,19)(H2,14,15,20);1-5,9H,6-7H2,(H,13,18)(H,14,15)(H,16,17);1-2H3,(H,11,12)(H,13,14);5-6H,1-2H3,(H,11,12)(H,13,14);2*5-6H,1-4H2,(H,9,10)(H,11,12);4H,2H2,1H3,(H,7,8)(H,9,10)(H,11,12)/t;;9-;;5-,6-;5-,6+;;/m..1.1.../s1. The van der Waals surface area contributed by atoms with Crippen LogP contribution in [0.1, 0.15) is 256 Å². The van der Waals surface area contributed by atoms with Crippen molar-refractivity contribution < 1.29 is 192 Å². The van der Waals surface area contributed by atoms with Crippen LogP contribution < -0.4 is 21.3 Å². The second-order valence-corrected chi connectivity index (χ2v) is 30.9. The molecule has 2 aliphatic carbocycles. The summed E-state index contributed by atoms with van der Waals surface area (Å²) < 4.78 is 14.0. The Morgan fingerprint density at radius 2 is 0.722 bits per heavy atom. The summed E-state index contributed by atoms with van der Waals surface area (Å²) in [7, 11) is 0. The zero-order chi connectivity index (χ0) is 96.7. The number of thiocarbonyl (C=S) groups is 1. The van der Waals surface area contributed by atoms with Crippen LogP contribution in [0.25, 0.3) is 9.40 Å². The molecule has 0 aliphatic heterocycles. The van der Waals surface area contributed by atoms with Crippen LogP contribution in [-0.4, -0.2) is 244 Å². The Morgan fingerprint density at radius 3 is 0.992 bits per heavy atom. The van der Waals surface area contributed by atoms with Gasteiger partial charge in [-0.1, -0.05) is 127 Å². The van der Waals surface area contributed by atoms with Gasteiger partial charge in [-0.15, -0.1) is 22.7 Å². The van der Waals surface area contributed by atoms with E-state index in [4.69, 9.17) is 98.7 Å². The van der Waals surface area contributed by atoms with Gasteiger partial charge < -0.3 is 117 Å². The van der Waals surface area contributed by atoms with E-state index in [-0.39, 0.29) is 25.4 Å². The second-order valence-electron chi connectivity index (χ2n) is 28.1. The van der Waals surface area contributed by atoms with Crippen LogP contribution >= 0.6 is 34.9 Å². The zero-order valence-corrected chi connectivity index (χ0v) is 72.8. The number of aryl methyl sites for hydroxylation is 2. The Balaban J connectivity index is -0.00000138. The van der Waals surface area contributed by atoms with Gasteiger partial charge in [-0.25, -0.2) is 33.6 Å². The van der Waals surface area contributed by atoms with Gasteiger partial charge in [0.05, 0.1) is 28.7 Å². The van der Waals surface area contributed by atoms with E-state index in [1.807, 2.05) is 10.6 Å². The minimum Gasteiger partial charge on any atom is -0.481 e. The van der Waals surface area contributed by atoms with Gasteiger partial charge in [0, 0.05) is 64.9 Å². The number of amides is 2. The third-order valence-electron chi connectivity index (χ3n) is 17.8. The number of carbonyl (C=O) groups excluding carboxylic acids is 4. The lowest BCUT2D eigenvalue weighted by Crippen LogP contribution is -2.45. The minimum atomic E-state index is -2.07. The van der Waals surface area contributed by atoms with Gasteiger partial charge in [-0.3, -0.25) is 62.3 Å². The predicted molar refractivity (Wildman–Crippen MR) is 448 cm³/mol. The number of benzene rings is 1. The van der Waals surface area contributed by atoms with E-state index in [0.29, 0.717) is 64.5 Å². The van der Waals surface area contributed by atoms with Crippen LogP contribution in [-0.2, 0) is 102 Å². The van der Waals surface area contributed by atoms with Crippen molar-refractivity contribution in [2.75, 3.05) is 13.1 Å². The third-order valence-corrected chi connectivity index (χ3v) is 20.7. The van der Waals surface area contributed by atoms with Gasteiger partial charge >= 0.3 is 114 Å². The molecule has 2 fully saturated rings. The molecule has 2 saturated carbocycles. The largest absolute Gasteiger partial charge is 0.481 e. The molecule has 1 unspecified atom stereocenters. The summed E-state index contributed by atoms with van der Waals surface area (Å²) >= 11 is 7.36. The molecule has 0 saturated heterocycles.